The number of nitrogens with zero attached hydrogens (tertiary/aromatic N) is 1. The molecule has 188 valence electrons. The molecule has 0 aromatic heterocycles. The van der Waals surface area contributed by atoms with Gasteiger partial charge in [-0.3, -0.25) is 0 Å². The second-order valence-corrected chi connectivity index (χ2v) is 13.4. The summed E-state index contributed by atoms with van der Waals surface area (Å²) < 4.78 is 0. The van der Waals surface area contributed by atoms with Gasteiger partial charge in [-0.15, -0.1) is 0 Å². The maximum Gasteiger partial charge on any atom is 0.0720 e. The Morgan fingerprint density at radius 1 is 0.939 bits per heavy atom. The third-order valence-corrected chi connectivity index (χ3v) is 12.2. The molecule has 33 heavy (non-hydrogen) atoms. The Morgan fingerprint density at radius 3 is 2.33 bits per heavy atom. The van der Waals surface area contributed by atoms with Crippen molar-refractivity contribution in [1.82, 2.24) is 0 Å². The first kappa shape index (κ1) is 25.5. The fourth-order valence-electron chi connectivity index (χ4n) is 9.90. The summed E-state index contributed by atoms with van der Waals surface area (Å²) in [5.74, 6) is 4.49. The average molecular weight is 458 g/mol. The summed E-state index contributed by atoms with van der Waals surface area (Å²) in [6.07, 6.45) is 14.5. The molecular formula is C30H51NO2. The van der Waals surface area contributed by atoms with Gasteiger partial charge < -0.3 is 10.2 Å². The van der Waals surface area contributed by atoms with Crippen molar-refractivity contribution in [2.45, 2.75) is 130 Å². The molecule has 0 aliphatic heterocycles. The molecule has 0 bridgehead atoms. The largest absolute Gasteiger partial charge is 0.392 e. The summed E-state index contributed by atoms with van der Waals surface area (Å²) in [4.78, 5) is 0. The molecule has 0 aromatic rings. The molecule has 3 nitrogen and oxygen atoms in total. The van der Waals surface area contributed by atoms with Gasteiger partial charge >= 0.3 is 0 Å². The van der Waals surface area contributed by atoms with Gasteiger partial charge in [0.25, 0.3) is 0 Å². The number of hydrogen-bond acceptors (Lipinski definition) is 3. The lowest BCUT2D eigenvalue weighted by Gasteiger charge is -2.62. The highest BCUT2D eigenvalue weighted by molar-refractivity contribution is 5.11. The van der Waals surface area contributed by atoms with Gasteiger partial charge in [-0.1, -0.05) is 34.6 Å². The molecule has 0 aromatic carbocycles. The molecule has 0 amide bonds. The molecule has 0 unspecified atom stereocenters. The van der Waals surface area contributed by atoms with Crippen LogP contribution in [0, 0.1) is 63.6 Å². The molecule has 4 aliphatic carbocycles. The van der Waals surface area contributed by atoms with Gasteiger partial charge in [-0.25, -0.2) is 0 Å². The quantitative estimate of drug-likeness (QED) is 0.428. The summed E-state index contributed by atoms with van der Waals surface area (Å²) in [6.45, 7) is 11.8. The molecule has 2 N–H and O–H groups in total. The molecule has 0 saturated heterocycles. The number of hydrogen-bond donors (Lipinski definition) is 2. The van der Waals surface area contributed by atoms with Crippen molar-refractivity contribution in [3.05, 3.63) is 0 Å². The number of aliphatic hydroxyl groups is 2. The monoisotopic (exact) mass is 457 g/mol. The zero-order valence-electron chi connectivity index (χ0n) is 22.2. The standard InChI is InChI=1S/C30H51NO2/c1-6-21(19-31)27(32)13-8-20(3)24-11-12-25-23-10-9-22-18-30(33,7-2)17-16-28(22,4)26(23)14-15-29(24,25)5/h20-27,32-33H,6-18H2,1-5H3/t20-,21-,22+,23+,24-,25+,26+,27+,28+,29-,30+/m1/s1. The number of aliphatic hydroxyl groups excluding tert-OH is 1. The van der Waals surface area contributed by atoms with E-state index in [-0.39, 0.29) is 5.92 Å². The second kappa shape index (κ2) is 9.46. The SMILES string of the molecule is CC[C@H](C#N)[C@@H](O)CC[C@@H](C)[C@H]1CC[C@H]2[C@@H]3CC[C@H]4C[C@](O)(CC)CC[C@]4(C)[C@H]3CC[C@]12C. The topological polar surface area (TPSA) is 64.2 Å². The van der Waals surface area contributed by atoms with Gasteiger partial charge in [0.05, 0.1) is 23.7 Å². The summed E-state index contributed by atoms with van der Waals surface area (Å²) in [5, 5.41) is 30.8. The lowest BCUT2D eigenvalue weighted by atomic mass is 9.43. The smallest absolute Gasteiger partial charge is 0.0720 e. The van der Waals surface area contributed by atoms with Crippen molar-refractivity contribution in [3.8, 4) is 6.07 Å². The molecule has 0 heterocycles. The predicted molar refractivity (Wildman–Crippen MR) is 134 cm³/mol. The first-order chi connectivity index (χ1) is 15.6. The van der Waals surface area contributed by atoms with Gasteiger partial charge in [0, 0.05) is 0 Å². The summed E-state index contributed by atoms with van der Waals surface area (Å²) in [5.41, 5.74) is 0.486. The molecule has 4 aliphatic rings. The van der Waals surface area contributed by atoms with Crippen LogP contribution in [0.4, 0.5) is 0 Å². The Hall–Kier alpha value is -0.590. The van der Waals surface area contributed by atoms with E-state index in [1.54, 1.807) is 0 Å². The summed E-state index contributed by atoms with van der Waals surface area (Å²) >= 11 is 0. The van der Waals surface area contributed by atoms with Crippen molar-refractivity contribution < 1.29 is 10.2 Å². The third-order valence-electron chi connectivity index (χ3n) is 12.2. The molecule has 4 fully saturated rings. The maximum absolute atomic E-state index is 11.0. The Kier molecular flexibility index (Phi) is 7.31. The summed E-state index contributed by atoms with van der Waals surface area (Å²) in [7, 11) is 0. The van der Waals surface area contributed by atoms with Crippen LogP contribution in [0.15, 0.2) is 0 Å². The Bertz CT molecular complexity index is 731. The molecule has 3 heteroatoms. The third kappa shape index (κ3) is 4.31. The lowest BCUT2D eigenvalue weighted by molar-refractivity contribution is -0.152. The van der Waals surface area contributed by atoms with E-state index >= 15 is 0 Å². The molecule has 4 rings (SSSR count). The van der Waals surface area contributed by atoms with E-state index in [9.17, 15) is 15.5 Å². The highest BCUT2D eigenvalue weighted by Gasteiger charge is 2.61. The van der Waals surface area contributed by atoms with Crippen molar-refractivity contribution in [1.29, 1.82) is 5.26 Å². The van der Waals surface area contributed by atoms with Crippen molar-refractivity contribution in [2.24, 2.45) is 52.3 Å². The van der Waals surface area contributed by atoms with Crippen LogP contribution in [0.3, 0.4) is 0 Å². The average Bonchev–Trinajstić information content (AvgIpc) is 3.16. The van der Waals surface area contributed by atoms with E-state index in [0.717, 1.165) is 62.2 Å². The first-order valence-corrected chi connectivity index (χ1v) is 14.4. The van der Waals surface area contributed by atoms with E-state index in [1.807, 2.05) is 6.92 Å². The molecule has 11 atom stereocenters. The number of rotatable bonds is 7. The minimum Gasteiger partial charge on any atom is -0.392 e. The van der Waals surface area contributed by atoms with Crippen LogP contribution < -0.4 is 0 Å². The van der Waals surface area contributed by atoms with E-state index in [2.05, 4.69) is 33.8 Å². The number of nitriles is 1. The molecular weight excluding hydrogens is 406 g/mol. The van der Waals surface area contributed by atoms with Gasteiger partial charge in [-0.05, 0) is 130 Å². The van der Waals surface area contributed by atoms with Crippen molar-refractivity contribution >= 4 is 0 Å². The molecule has 0 spiro atoms. The van der Waals surface area contributed by atoms with E-state index < -0.39 is 11.7 Å². The molecule has 0 radical (unpaired) electrons. The van der Waals surface area contributed by atoms with Crippen molar-refractivity contribution in [3.63, 3.8) is 0 Å². The lowest BCUT2D eigenvalue weighted by Crippen LogP contribution is -2.56. The van der Waals surface area contributed by atoms with Crippen LogP contribution in [-0.2, 0) is 0 Å². The Balaban J connectivity index is 1.43. The van der Waals surface area contributed by atoms with Crippen molar-refractivity contribution in [2.75, 3.05) is 0 Å². The van der Waals surface area contributed by atoms with E-state index in [4.69, 9.17) is 0 Å². The highest BCUT2D eigenvalue weighted by atomic mass is 16.3. The predicted octanol–water partition coefficient (Wildman–Crippen LogP) is 7.11. The van der Waals surface area contributed by atoms with Gasteiger partial charge in [0.2, 0.25) is 0 Å². The Morgan fingerprint density at radius 2 is 1.67 bits per heavy atom. The fourth-order valence-corrected chi connectivity index (χ4v) is 9.90. The normalized spacial score (nSPS) is 47.5. The van der Waals surface area contributed by atoms with Crippen LogP contribution in [0.5, 0.6) is 0 Å². The van der Waals surface area contributed by atoms with Gasteiger partial charge in [-0.2, -0.15) is 5.26 Å². The second-order valence-electron chi connectivity index (χ2n) is 13.4. The fraction of sp³-hybridized carbons (Fsp3) is 0.967. The highest BCUT2D eigenvalue weighted by Crippen LogP contribution is 2.69. The van der Waals surface area contributed by atoms with Crippen LogP contribution in [0.1, 0.15) is 118 Å². The maximum atomic E-state index is 11.0. The van der Waals surface area contributed by atoms with Crippen LogP contribution in [0.25, 0.3) is 0 Å². The molecule has 4 saturated carbocycles. The van der Waals surface area contributed by atoms with Crippen LogP contribution in [0.2, 0.25) is 0 Å². The zero-order valence-corrected chi connectivity index (χ0v) is 22.2. The van der Waals surface area contributed by atoms with E-state index in [0.29, 0.717) is 22.7 Å². The minimum absolute atomic E-state index is 0.212. The van der Waals surface area contributed by atoms with Crippen LogP contribution in [-0.4, -0.2) is 21.9 Å². The van der Waals surface area contributed by atoms with E-state index in [1.165, 1.54) is 44.9 Å². The minimum atomic E-state index is -0.466. The summed E-state index contributed by atoms with van der Waals surface area (Å²) in [6, 6.07) is 2.30. The Labute approximate surface area is 203 Å². The van der Waals surface area contributed by atoms with Crippen LogP contribution >= 0.6 is 0 Å². The number of fused-ring (bicyclic) bond motifs is 5. The first-order valence-electron chi connectivity index (χ1n) is 14.4. The zero-order chi connectivity index (χ0) is 24.0. The van der Waals surface area contributed by atoms with Gasteiger partial charge in [0.1, 0.15) is 0 Å². The van der Waals surface area contributed by atoms with Gasteiger partial charge in [0.15, 0.2) is 0 Å².